The number of β-lactam (4-membered cyclic amide) rings is 1. The minimum Gasteiger partial charge on any atom is -0.455 e. The van der Waals surface area contributed by atoms with Gasteiger partial charge in [0.05, 0.1) is 11.0 Å². The number of carbonyl (C=O) groups excluding carboxylic acids is 3. The first-order chi connectivity index (χ1) is 25.6. The van der Waals surface area contributed by atoms with Crippen molar-refractivity contribution >= 4 is 51.7 Å². The number of esters is 1. The Labute approximate surface area is 316 Å². The highest BCUT2D eigenvalue weighted by Gasteiger charge is 2.56. The Morgan fingerprint density at radius 2 is 1.55 bits per heavy atom. The van der Waals surface area contributed by atoms with Crippen LogP contribution in [0.1, 0.15) is 55.2 Å². The lowest BCUT2D eigenvalue weighted by Crippen LogP contribution is -2.71. The molecule has 0 spiro atoms. The molecule has 7 rings (SSSR count). The Morgan fingerprint density at radius 1 is 0.943 bits per heavy atom. The summed E-state index contributed by atoms with van der Waals surface area (Å²) in [4.78, 5) is 52.9. The number of hydrogen-bond donors (Lipinski definition) is 2. The number of benzene rings is 3. The zero-order chi connectivity index (χ0) is 37.2. The topological polar surface area (TPSA) is 131 Å². The molecule has 2 fully saturated rings. The predicted octanol–water partition coefficient (Wildman–Crippen LogP) is 6.07. The molecule has 3 atom stereocenters. The molecule has 4 aromatic rings. The summed E-state index contributed by atoms with van der Waals surface area (Å²) in [5, 5.41) is 10.7. The van der Waals surface area contributed by atoms with Crippen LogP contribution in [0.25, 0.3) is 0 Å². The van der Waals surface area contributed by atoms with Gasteiger partial charge in [0.25, 0.3) is 11.8 Å². The lowest BCUT2D eigenvalue weighted by atomic mass is 9.77. The van der Waals surface area contributed by atoms with Crippen molar-refractivity contribution in [2.24, 2.45) is 5.16 Å². The van der Waals surface area contributed by atoms with E-state index in [0.717, 1.165) is 35.1 Å². The summed E-state index contributed by atoms with van der Waals surface area (Å²) in [6, 6.07) is 29.5. The first kappa shape index (κ1) is 36.4. The fourth-order valence-electron chi connectivity index (χ4n) is 6.94. The molecule has 2 saturated heterocycles. The van der Waals surface area contributed by atoms with Gasteiger partial charge in [0.2, 0.25) is 0 Å². The van der Waals surface area contributed by atoms with Crippen molar-refractivity contribution < 1.29 is 28.7 Å². The Hall–Kier alpha value is -4.98. The van der Waals surface area contributed by atoms with E-state index in [4.69, 9.17) is 19.3 Å². The number of anilines is 1. The first-order valence-corrected chi connectivity index (χ1v) is 19.3. The van der Waals surface area contributed by atoms with Crippen molar-refractivity contribution in [1.82, 2.24) is 15.2 Å². The summed E-state index contributed by atoms with van der Waals surface area (Å²) in [7, 11) is 1.36. The second-order valence-electron chi connectivity index (χ2n) is 13.9. The van der Waals surface area contributed by atoms with Crippen molar-refractivity contribution in [2.75, 3.05) is 24.8 Å². The Morgan fingerprint density at radius 3 is 2.08 bits per heavy atom. The van der Waals surface area contributed by atoms with Crippen LogP contribution in [0.15, 0.2) is 114 Å². The molecule has 1 aromatic heterocycles. The molecule has 3 aliphatic heterocycles. The smallest absolute Gasteiger partial charge is 0.355 e. The number of hydrogen-bond acceptors (Lipinski definition) is 11. The van der Waals surface area contributed by atoms with Crippen LogP contribution in [0.2, 0.25) is 0 Å². The summed E-state index contributed by atoms with van der Waals surface area (Å²) < 4.78 is 11.7. The van der Waals surface area contributed by atoms with Crippen LogP contribution in [0, 0.1) is 0 Å². The fourth-order valence-corrected chi connectivity index (χ4v) is 9.20. The molecule has 11 nitrogen and oxygen atoms in total. The zero-order valence-electron chi connectivity index (χ0n) is 29.9. The molecule has 274 valence electrons. The molecule has 0 aliphatic carbocycles. The molecule has 53 heavy (non-hydrogen) atoms. The van der Waals surface area contributed by atoms with E-state index in [0.29, 0.717) is 22.4 Å². The summed E-state index contributed by atoms with van der Waals surface area (Å²) in [5.41, 5.74) is 2.34. The summed E-state index contributed by atoms with van der Waals surface area (Å²) >= 11 is 2.72. The van der Waals surface area contributed by atoms with Crippen molar-refractivity contribution in [1.29, 1.82) is 0 Å². The lowest BCUT2D eigenvalue weighted by Gasteiger charge is -2.50. The predicted molar refractivity (Wildman–Crippen MR) is 205 cm³/mol. The number of nitrogens with one attached hydrogen (secondary N) is 2. The Kier molecular flexibility index (Phi) is 10.4. The number of aromatic nitrogens is 1. The van der Waals surface area contributed by atoms with E-state index in [-0.39, 0.29) is 17.5 Å². The van der Waals surface area contributed by atoms with E-state index in [1.807, 2.05) is 54.6 Å². The molecule has 3 aliphatic rings. The van der Waals surface area contributed by atoms with E-state index >= 15 is 0 Å². The van der Waals surface area contributed by atoms with Crippen molar-refractivity contribution in [3.05, 3.63) is 130 Å². The number of thioether (sulfide) groups is 1. The number of oxime groups is 1. The van der Waals surface area contributed by atoms with Gasteiger partial charge < -0.3 is 24.9 Å². The van der Waals surface area contributed by atoms with E-state index in [9.17, 15) is 14.4 Å². The van der Waals surface area contributed by atoms with Gasteiger partial charge in [-0.05, 0) is 55.9 Å². The van der Waals surface area contributed by atoms with Gasteiger partial charge in [-0.3, -0.25) is 14.5 Å². The van der Waals surface area contributed by atoms with Gasteiger partial charge in [-0.2, -0.15) is 0 Å². The first-order valence-electron chi connectivity index (χ1n) is 17.5. The minimum atomic E-state index is -0.898. The number of fused-ring (bicyclic) bond motifs is 1. The van der Waals surface area contributed by atoms with E-state index in [1.165, 1.54) is 35.1 Å². The third-order valence-corrected chi connectivity index (χ3v) is 11.5. The van der Waals surface area contributed by atoms with E-state index < -0.39 is 40.3 Å². The lowest BCUT2D eigenvalue weighted by molar-refractivity contribution is -0.159. The molecule has 3 aromatic carbocycles. The standard InChI is InChI=1S/C40H41N5O6S2/c1-39(2,3)51-37(48)33-28(29-21-14-22-50-29)24-52-36-32(35(47)45(33)36)42-34(46)31(44-49-4)30-23-41-38(53-30)43-40(25-15-8-5-9-16-25,26-17-10-6-11-18-26)27-19-12-7-13-20-27/h5-13,15-20,23,29,32,36H,14,21-22,24H2,1-4H3,(H,41,43)(H,42,46)/b44-31+/t29-,32+,36+/m0/s1. The highest BCUT2D eigenvalue weighted by molar-refractivity contribution is 8.00. The molecule has 0 unspecified atom stereocenters. The normalized spacial score (nSPS) is 20.4. The maximum absolute atomic E-state index is 13.9. The third kappa shape index (κ3) is 7.20. The van der Waals surface area contributed by atoms with Crippen molar-refractivity contribution in [3.8, 4) is 0 Å². The van der Waals surface area contributed by atoms with E-state index in [2.05, 4.69) is 52.2 Å². The van der Waals surface area contributed by atoms with Crippen LogP contribution < -0.4 is 10.6 Å². The number of carbonyl (C=O) groups is 3. The molecule has 13 heteroatoms. The molecule has 0 bridgehead atoms. The van der Waals surface area contributed by atoms with Gasteiger partial charge in [-0.1, -0.05) is 107 Å². The van der Waals surface area contributed by atoms with Crippen molar-refractivity contribution in [3.63, 3.8) is 0 Å². The summed E-state index contributed by atoms with van der Waals surface area (Å²) in [5.74, 6) is -1.12. The van der Waals surface area contributed by atoms with Gasteiger partial charge in [0.1, 0.15) is 35.4 Å². The number of thiazole rings is 1. The quantitative estimate of drug-likeness (QED) is 0.0617. The van der Waals surface area contributed by atoms with Crippen LogP contribution in [0.5, 0.6) is 0 Å². The monoisotopic (exact) mass is 751 g/mol. The number of ether oxygens (including phenoxy) is 2. The fraction of sp³-hybridized carbons (Fsp3) is 0.325. The van der Waals surface area contributed by atoms with E-state index in [1.54, 1.807) is 27.0 Å². The van der Waals surface area contributed by atoms with Crippen LogP contribution in [-0.4, -0.2) is 76.0 Å². The van der Waals surface area contributed by atoms with Gasteiger partial charge in [0.15, 0.2) is 10.8 Å². The van der Waals surface area contributed by atoms with Gasteiger partial charge in [0, 0.05) is 18.6 Å². The third-order valence-electron chi connectivity index (χ3n) is 9.25. The minimum absolute atomic E-state index is 0.0298. The van der Waals surface area contributed by atoms with Crippen LogP contribution in [-0.2, 0) is 34.2 Å². The SMILES string of the molecule is CO/N=C(/C(=O)N[C@@H]1C(=O)N2C(C(=O)OC(C)(C)C)=C([C@@H]3CCCO3)CS[C@H]12)c1cnc(NC(c2ccccc2)(c2ccccc2)c2ccccc2)s1. The number of amides is 2. The Bertz CT molecular complexity index is 1930. The second kappa shape index (κ2) is 15.2. The number of nitrogens with zero attached hydrogens (tertiary/aromatic N) is 3. The molecule has 2 amide bonds. The van der Waals surface area contributed by atoms with Gasteiger partial charge in [-0.25, -0.2) is 9.78 Å². The molecule has 0 saturated carbocycles. The molecular formula is C40H41N5O6S2. The highest BCUT2D eigenvalue weighted by atomic mass is 32.2. The average molecular weight is 752 g/mol. The second-order valence-corrected chi connectivity index (χ2v) is 16.0. The zero-order valence-corrected chi connectivity index (χ0v) is 31.5. The van der Waals surface area contributed by atoms with Crippen molar-refractivity contribution in [2.45, 2.75) is 62.3 Å². The average Bonchev–Trinajstić information content (AvgIpc) is 3.88. The molecular weight excluding hydrogens is 711 g/mol. The number of rotatable bonds is 11. The molecule has 2 N–H and O–H groups in total. The van der Waals surface area contributed by atoms with Crippen LogP contribution in [0.3, 0.4) is 0 Å². The maximum Gasteiger partial charge on any atom is 0.355 e. The molecule has 0 radical (unpaired) electrons. The summed E-state index contributed by atoms with van der Waals surface area (Å²) in [6.45, 7) is 5.96. The maximum atomic E-state index is 13.9. The Balaban J connectivity index is 1.15. The molecule has 4 heterocycles. The van der Waals surface area contributed by atoms with Crippen LogP contribution >= 0.6 is 23.1 Å². The highest BCUT2D eigenvalue weighted by Crippen LogP contribution is 2.44. The summed E-state index contributed by atoms with van der Waals surface area (Å²) in [6.07, 6.45) is 2.95. The largest absolute Gasteiger partial charge is 0.455 e. The van der Waals surface area contributed by atoms with Gasteiger partial charge >= 0.3 is 5.97 Å². The van der Waals surface area contributed by atoms with Crippen LogP contribution in [0.4, 0.5) is 5.13 Å². The van der Waals surface area contributed by atoms with Gasteiger partial charge in [-0.15, -0.1) is 11.8 Å².